The Balaban J connectivity index is 1.51. The summed E-state index contributed by atoms with van der Waals surface area (Å²) in [5, 5.41) is 2.77. The van der Waals surface area contributed by atoms with Crippen LogP contribution < -0.4 is 10.9 Å². The van der Waals surface area contributed by atoms with Crippen molar-refractivity contribution in [2.75, 3.05) is 11.9 Å². The first kappa shape index (κ1) is 18.9. The Kier molecular flexibility index (Phi) is 5.42. The third-order valence-electron chi connectivity index (χ3n) is 5.23. The van der Waals surface area contributed by atoms with Gasteiger partial charge in [-0.05, 0) is 48.2 Å². The van der Waals surface area contributed by atoms with E-state index in [0.717, 1.165) is 24.0 Å². The van der Waals surface area contributed by atoms with E-state index in [2.05, 4.69) is 5.32 Å². The van der Waals surface area contributed by atoms with Crippen molar-refractivity contribution in [3.05, 3.63) is 100 Å². The molecule has 148 valence electrons. The summed E-state index contributed by atoms with van der Waals surface area (Å²) in [6.45, 7) is 1.03. The average molecular weight is 391 g/mol. The van der Waals surface area contributed by atoms with E-state index in [1.165, 1.54) is 12.1 Å². The van der Waals surface area contributed by atoms with E-state index >= 15 is 0 Å². The lowest BCUT2D eigenvalue weighted by Gasteiger charge is -2.25. The van der Waals surface area contributed by atoms with Gasteiger partial charge in [-0.1, -0.05) is 42.5 Å². The van der Waals surface area contributed by atoms with Crippen LogP contribution in [0.2, 0.25) is 0 Å². The Bertz CT molecular complexity index is 1050. The Hall–Kier alpha value is -3.41. The number of nitrogens with zero attached hydrogens (tertiary/aromatic N) is 2. The van der Waals surface area contributed by atoms with Gasteiger partial charge >= 0.3 is 6.03 Å². The molecular formula is C23H22FN3O2. The van der Waals surface area contributed by atoms with Gasteiger partial charge in [0, 0.05) is 12.7 Å². The number of urea groups is 1. The molecule has 2 amide bonds. The average Bonchev–Trinajstić information content (AvgIpc) is 3.22. The summed E-state index contributed by atoms with van der Waals surface area (Å²) in [6.07, 6.45) is 3.39. The predicted octanol–water partition coefficient (Wildman–Crippen LogP) is 4.40. The summed E-state index contributed by atoms with van der Waals surface area (Å²) in [5.41, 5.74) is 1.91. The van der Waals surface area contributed by atoms with Crippen molar-refractivity contribution in [1.82, 2.24) is 9.47 Å². The van der Waals surface area contributed by atoms with Crippen LogP contribution in [0, 0.1) is 5.82 Å². The highest BCUT2D eigenvalue weighted by molar-refractivity contribution is 5.89. The maximum absolute atomic E-state index is 13.2. The predicted molar refractivity (Wildman–Crippen MR) is 110 cm³/mol. The molecule has 0 bridgehead atoms. The van der Waals surface area contributed by atoms with Gasteiger partial charge in [0.2, 0.25) is 0 Å². The summed E-state index contributed by atoms with van der Waals surface area (Å²) >= 11 is 0. The molecule has 1 fully saturated rings. The van der Waals surface area contributed by atoms with E-state index in [0.29, 0.717) is 13.1 Å². The number of hydrogen-bond donors (Lipinski definition) is 1. The van der Waals surface area contributed by atoms with E-state index in [4.69, 9.17) is 0 Å². The quantitative estimate of drug-likeness (QED) is 0.717. The van der Waals surface area contributed by atoms with Gasteiger partial charge in [-0.25, -0.2) is 9.18 Å². The highest BCUT2D eigenvalue weighted by Crippen LogP contribution is 2.32. The number of halogens is 1. The number of carbonyl (C=O) groups excluding carboxylic acids is 1. The molecule has 5 nitrogen and oxygen atoms in total. The molecule has 1 aliphatic heterocycles. The van der Waals surface area contributed by atoms with Gasteiger partial charge in [0.05, 0.1) is 12.6 Å². The number of carbonyl (C=O) groups is 1. The first-order valence-corrected chi connectivity index (χ1v) is 9.68. The minimum absolute atomic E-state index is 0.120. The number of aromatic nitrogens is 1. The van der Waals surface area contributed by atoms with E-state index in [1.54, 1.807) is 39.9 Å². The number of hydrogen-bond acceptors (Lipinski definition) is 2. The Labute approximate surface area is 168 Å². The third-order valence-corrected chi connectivity index (χ3v) is 5.23. The van der Waals surface area contributed by atoms with E-state index in [9.17, 15) is 14.0 Å². The molecule has 1 saturated heterocycles. The van der Waals surface area contributed by atoms with Crippen molar-refractivity contribution in [2.24, 2.45) is 0 Å². The van der Waals surface area contributed by atoms with Crippen LogP contribution in [-0.4, -0.2) is 22.0 Å². The normalized spacial score (nSPS) is 16.0. The number of rotatable bonds is 4. The number of pyridine rings is 1. The van der Waals surface area contributed by atoms with Crippen LogP contribution in [0.25, 0.3) is 0 Å². The van der Waals surface area contributed by atoms with Crippen molar-refractivity contribution in [2.45, 2.75) is 25.4 Å². The number of benzene rings is 2. The van der Waals surface area contributed by atoms with Gasteiger partial charge in [0.15, 0.2) is 0 Å². The molecule has 1 aliphatic rings. The zero-order chi connectivity index (χ0) is 20.2. The first-order chi connectivity index (χ1) is 14.1. The van der Waals surface area contributed by atoms with Crippen LogP contribution in [-0.2, 0) is 6.54 Å². The molecule has 1 atom stereocenters. The molecule has 0 radical (unpaired) electrons. The van der Waals surface area contributed by atoms with E-state index in [1.807, 2.05) is 30.3 Å². The summed E-state index contributed by atoms with van der Waals surface area (Å²) in [5.74, 6) is -0.300. The number of anilines is 1. The second kappa shape index (κ2) is 8.31. The van der Waals surface area contributed by atoms with Gasteiger partial charge in [-0.2, -0.15) is 0 Å². The lowest BCUT2D eigenvalue weighted by molar-refractivity contribution is 0.207. The Morgan fingerprint density at radius 3 is 2.55 bits per heavy atom. The lowest BCUT2D eigenvalue weighted by Crippen LogP contribution is -2.36. The van der Waals surface area contributed by atoms with Crippen molar-refractivity contribution in [3.63, 3.8) is 0 Å². The van der Waals surface area contributed by atoms with Crippen LogP contribution in [0.4, 0.5) is 14.9 Å². The van der Waals surface area contributed by atoms with Crippen LogP contribution >= 0.6 is 0 Å². The van der Waals surface area contributed by atoms with Crippen LogP contribution in [0.15, 0.2) is 77.7 Å². The monoisotopic (exact) mass is 391 g/mol. The maximum atomic E-state index is 13.2. The second-order valence-corrected chi connectivity index (χ2v) is 7.17. The van der Waals surface area contributed by atoms with Gasteiger partial charge in [0.25, 0.3) is 5.56 Å². The van der Waals surface area contributed by atoms with E-state index in [-0.39, 0.29) is 29.1 Å². The molecule has 0 spiro atoms. The van der Waals surface area contributed by atoms with Crippen molar-refractivity contribution in [1.29, 1.82) is 0 Å². The smallest absolute Gasteiger partial charge is 0.317 e. The fraction of sp³-hybridized carbons (Fsp3) is 0.217. The number of nitrogens with one attached hydrogen (secondary N) is 1. The fourth-order valence-corrected chi connectivity index (χ4v) is 3.76. The molecule has 4 rings (SSSR count). The zero-order valence-electron chi connectivity index (χ0n) is 15.9. The molecule has 2 aromatic carbocycles. The SMILES string of the molecule is O=C(Nc1cccn(Cc2ccccc2)c1=O)N1CCC[C@@H]1c1ccc(F)cc1. The summed E-state index contributed by atoms with van der Waals surface area (Å²) in [7, 11) is 0. The van der Waals surface area contributed by atoms with Gasteiger partial charge < -0.3 is 14.8 Å². The maximum Gasteiger partial charge on any atom is 0.322 e. The molecule has 0 aliphatic carbocycles. The summed E-state index contributed by atoms with van der Waals surface area (Å²) in [4.78, 5) is 27.4. The van der Waals surface area contributed by atoms with Crippen LogP contribution in [0.5, 0.6) is 0 Å². The molecule has 1 N–H and O–H groups in total. The van der Waals surface area contributed by atoms with Gasteiger partial charge in [-0.15, -0.1) is 0 Å². The Morgan fingerprint density at radius 2 is 1.79 bits per heavy atom. The Morgan fingerprint density at radius 1 is 1.03 bits per heavy atom. The molecule has 29 heavy (non-hydrogen) atoms. The van der Waals surface area contributed by atoms with Crippen molar-refractivity contribution >= 4 is 11.7 Å². The summed E-state index contributed by atoms with van der Waals surface area (Å²) < 4.78 is 14.8. The van der Waals surface area contributed by atoms with Crippen molar-refractivity contribution in [3.8, 4) is 0 Å². The molecule has 2 heterocycles. The minimum Gasteiger partial charge on any atom is -0.317 e. The van der Waals surface area contributed by atoms with Crippen LogP contribution in [0.3, 0.4) is 0 Å². The molecule has 0 unspecified atom stereocenters. The molecular weight excluding hydrogens is 369 g/mol. The topological polar surface area (TPSA) is 54.3 Å². The highest BCUT2D eigenvalue weighted by Gasteiger charge is 2.30. The largest absolute Gasteiger partial charge is 0.322 e. The minimum atomic E-state index is -0.314. The van der Waals surface area contributed by atoms with E-state index < -0.39 is 0 Å². The first-order valence-electron chi connectivity index (χ1n) is 9.68. The second-order valence-electron chi connectivity index (χ2n) is 7.17. The highest BCUT2D eigenvalue weighted by atomic mass is 19.1. The zero-order valence-corrected chi connectivity index (χ0v) is 15.9. The molecule has 1 aromatic heterocycles. The summed E-state index contributed by atoms with van der Waals surface area (Å²) in [6, 6.07) is 18.8. The number of likely N-dealkylation sites (tertiary alicyclic amines) is 1. The molecule has 0 saturated carbocycles. The molecule has 3 aromatic rings. The fourth-order valence-electron chi connectivity index (χ4n) is 3.76. The number of amides is 2. The van der Waals surface area contributed by atoms with Crippen LogP contribution in [0.1, 0.15) is 30.0 Å². The third kappa shape index (κ3) is 4.21. The van der Waals surface area contributed by atoms with Gasteiger partial charge in [0.1, 0.15) is 11.5 Å². The molecule has 6 heteroatoms. The standard InChI is InChI=1S/C23H22FN3O2/c24-19-12-10-18(11-13-19)21-9-5-15-27(21)23(29)25-20-8-4-14-26(22(20)28)16-17-6-2-1-3-7-17/h1-4,6-8,10-14,21H,5,9,15-16H2,(H,25,29)/t21-/m1/s1. The lowest BCUT2D eigenvalue weighted by atomic mass is 10.0. The van der Waals surface area contributed by atoms with Gasteiger partial charge in [-0.3, -0.25) is 4.79 Å². The van der Waals surface area contributed by atoms with Crippen molar-refractivity contribution < 1.29 is 9.18 Å².